The Morgan fingerprint density at radius 3 is 2.76 bits per heavy atom. The first kappa shape index (κ1) is 22.5. The fraction of sp³-hybridized carbons (Fsp3) is 0.320. The molecule has 1 aliphatic rings. The maximum absolute atomic E-state index is 12.2. The Bertz CT molecular complexity index is 1190. The van der Waals surface area contributed by atoms with Crippen LogP contribution in [0.2, 0.25) is 0 Å². The molecule has 172 valence electrons. The Morgan fingerprint density at radius 1 is 1.18 bits per heavy atom. The lowest BCUT2D eigenvalue weighted by Gasteiger charge is -2.15. The van der Waals surface area contributed by atoms with Gasteiger partial charge in [0.25, 0.3) is 0 Å². The molecule has 0 saturated carbocycles. The summed E-state index contributed by atoms with van der Waals surface area (Å²) in [5, 5.41) is 11.7. The molecule has 0 spiro atoms. The molecule has 2 heterocycles. The van der Waals surface area contributed by atoms with E-state index in [1.54, 1.807) is 25.1 Å². The summed E-state index contributed by atoms with van der Waals surface area (Å²) >= 11 is 0. The number of aryl methyl sites for hydroxylation is 2. The number of rotatable bonds is 9. The van der Waals surface area contributed by atoms with E-state index in [4.69, 9.17) is 25.0 Å². The van der Waals surface area contributed by atoms with Gasteiger partial charge >= 0.3 is 5.97 Å². The van der Waals surface area contributed by atoms with E-state index in [1.165, 1.54) is 0 Å². The van der Waals surface area contributed by atoms with Crippen molar-refractivity contribution in [2.24, 2.45) is 5.73 Å². The van der Waals surface area contributed by atoms with Gasteiger partial charge in [-0.15, -0.1) is 0 Å². The lowest BCUT2D eigenvalue weighted by molar-refractivity contribution is -0.147. The summed E-state index contributed by atoms with van der Waals surface area (Å²) in [7, 11) is 0. The summed E-state index contributed by atoms with van der Waals surface area (Å²) in [5.41, 5.74) is 7.69. The van der Waals surface area contributed by atoms with Gasteiger partial charge < -0.3 is 24.9 Å². The van der Waals surface area contributed by atoms with Gasteiger partial charge in [-0.1, -0.05) is 13.0 Å². The molecule has 33 heavy (non-hydrogen) atoms. The molecule has 0 amide bonds. The molecular formula is C25H27N3O5. The number of amidine groups is 1. The molecule has 1 aromatic heterocycles. The van der Waals surface area contributed by atoms with Gasteiger partial charge in [0.15, 0.2) is 0 Å². The van der Waals surface area contributed by atoms with Gasteiger partial charge in [0.1, 0.15) is 34.8 Å². The first-order valence-corrected chi connectivity index (χ1v) is 11.0. The summed E-state index contributed by atoms with van der Waals surface area (Å²) in [6.45, 7) is 3.29. The number of nitrogens with one attached hydrogen (secondary N) is 2. The standard InChI is InChI=1S/C25H27N3O5/c1-2-21(29)25(30)33-23-13-19(31-20-9-10-28-14-20)7-4-15(23)3-6-18-12-17-11-16(24(26)27)5-8-22(17)32-18/h4-5,7-8,11-13,20,28H,2-3,6,9-10,14H2,1H3,(H3,26,27)/t20-/m0/s1. The first-order chi connectivity index (χ1) is 15.9. The summed E-state index contributed by atoms with van der Waals surface area (Å²) < 4.78 is 17.3. The van der Waals surface area contributed by atoms with E-state index in [2.05, 4.69) is 5.32 Å². The van der Waals surface area contributed by atoms with E-state index < -0.39 is 11.8 Å². The number of hydrogen-bond donors (Lipinski definition) is 3. The minimum Gasteiger partial charge on any atom is -0.489 e. The molecule has 4 N–H and O–H groups in total. The molecule has 1 fully saturated rings. The minimum atomic E-state index is -0.876. The Kier molecular flexibility index (Phi) is 6.74. The van der Waals surface area contributed by atoms with Gasteiger partial charge in [0.05, 0.1) is 0 Å². The number of esters is 1. The Labute approximate surface area is 191 Å². The molecule has 4 rings (SSSR count). The second-order valence-electron chi connectivity index (χ2n) is 8.05. The highest BCUT2D eigenvalue weighted by molar-refractivity contribution is 6.34. The van der Waals surface area contributed by atoms with Gasteiger partial charge in [-0.3, -0.25) is 10.2 Å². The largest absolute Gasteiger partial charge is 0.489 e. The number of hydrogen-bond acceptors (Lipinski definition) is 7. The van der Waals surface area contributed by atoms with Crippen LogP contribution in [0.25, 0.3) is 11.0 Å². The van der Waals surface area contributed by atoms with E-state index in [0.29, 0.717) is 35.5 Å². The molecular weight excluding hydrogens is 422 g/mol. The van der Waals surface area contributed by atoms with Crippen molar-refractivity contribution < 1.29 is 23.5 Å². The molecule has 8 nitrogen and oxygen atoms in total. The number of carbonyl (C=O) groups is 2. The summed E-state index contributed by atoms with van der Waals surface area (Å²) in [6.07, 6.45) is 2.14. The van der Waals surface area contributed by atoms with Crippen molar-refractivity contribution >= 4 is 28.6 Å². The van der Waals surface area contributed by atoms with Crippen molar-refractivity contribution in [1.29, 1.82) is 5.41 Å². The number of carbonyl (C=O) groups excluding carboxylic acids is 2. The Balaban J connectivity index is 1.53. The van der Waals surface area contributed by atoms with Crippen LogP contribution in [0, 0.1) is 5.41 Å². The van der Waals surface area contributed by atoms with Gasteiger partial charge in [0, 0.05) is 36.4 Å². The summed E-state index contributed by atoms with van der Waals surface area (Å²) in [5.74, 6) is 0.220. The zero-order chi connectivity index (χ0) is 23.4. The number of ketones is 1. The second kappa shape index (κ2) is 9.87. The van der Waals surface area contributed by atoms with Crippen LogP contribution in [0.5, 0.6) is 11.5 Å². The van der Waals surface area contributed by atoms with Gasteiger partial charge in [-0.2, -0.15) is 0 Å². The number of fused-ring (bicyclic) bond motifs is 1. The van der Waals surface area contributed by atoms with Crippen molar-refractivity contribution in [3.05, 3.63) is 59.4 Å². The van der Waals surface area contributed by atoms with Crippen LogP contribution in [0.3, 0.4) is 0 Å². The third-order valence-corrected chi connectivity index (χ3v) is 5.63. The number of nitrogens with two attached hydrogens (primary N) is 1. The first-order valence-electron chi connectivity index (χ1n) is 11.0. The van der Waals surface area contributed by atoms with Crippen molar-refractivity contribution in [3.63, 3.8) is 0 Å². The van der Waals surface area contributed by atoms with Crippen molar-refractivity contribution in [2.45, 2.75) is 38.7 Å². The zero-order valence-corrected chi connectivity index (χ0v) is 18.5. The van der Waals surface area contributed by atoms with Gasteiger partial charge in [-0.05, 0) is 55.3 Å². The molecule has 8 heteroatoms. The van der Waals surface area contributed by atoms with Crippen LogP contribution >= 0.6 is 0 Å². The van der Waals surface area contributed by atoms with Crippen molar-refractivity contribution in [2.75, 3.05) is 13.1 Å². The zero-order valence-electron chi connectivity index (χ0n) is 18.5. The fourth-order valence-electron chi connectivity index (χ4n) is 3.78. The molecule has 0 bridgehead atoms. The topological polar surface area (TPSA) is 128 Å². The lowest BCUT2D eigenvalue weighted by Crippen LogP contribution is -2.21. The van der Waals surface area contributed by atoms with E-state index in [0.717, 1.165) is 36.2 Å². The predicted molar refractivity (Wildman–Crippen MR) is 124 cm³/mol. The monoisotopic (exact) mass is 449 g/mol. The normalized spacial score (nSPS) is 15.5. The number of nitrogen functional groups attached to an aromatic ring is 1. The van der Waals surface area contributed by atoms with Gasteiger partial charge in [-0.25, -0.2) is 4.79 Å². The van der Waals surface area contributed by atoms with E-state index in [-0.39, 0.29) is 18.4 Å². The summed E-state index contributed by atoms with van der Waals surface area (Å²) in [4.78, 5) is 24.0. The third kappa shape index (κ3) is 5.40. The lowest BCUT2D eigenvalue weighted by atomic mass is 10.1. The smallest absolute Gasteiger partial charge is 0.379 e. The molecule has 1 saturated heterocycles. The SMILES string of the molecule is CCC(=O)C(=O)Oc1cc(O[C@H]2CCNC2)ccc1CCc1cc2cc(C(=N)N)ccc2o1. The number of Topliss-reactive ketones (excluding diaryl/α,β-unsaturated/α-hetero) is 1. The van der Waals surface area contributed by atoms with Crippen LogP contribution in [0.1, 0.15) is 36.7 Å². The summed E-state index contributed by atoms with van der Waals surface area (Å²) in [6, 6.07) is 12.7. The average Bonchev–Trinajstić information content (AvgIpc) is 3.46. The molecule has 0 aliphatic carbocycles. The Morgan fingerprint density at radius 2 is 2.03 bits per heavy atom. The van der Waals surface area contributed by atoms with Crippen LogP contribution in [0.4, 0.5) is 0 Å². The van der Waals surface area contributed by atoms with Crippen LogP contribution in [0.15, 0.2) is 46.9 Å². The predicted octanol–water partition coefficient (Wildman–Crippen LogP) is 3.13. The van der Waals surface area contributed by atoms with Crippen molar-refractivity contribution in [1.82, 2.24) is 5.32 Å². The maximum atomic E-state index is 12.2. The molecule has 3 aromatic rings. The second-order valence-corrected chi connectivity index (χ2v) is 8.05. The quantitative estimate of drug-likeness (QED) is 0.151. The highest BCUT2D eigenvalue weighted by Crippen LogP contribution is 2.29. The number of ether oxygens (including phenoxy) is 2. The van der Waals surface area contributed by atoms with Crippen LogP contribution in [-0.4, -0.2) is 36.8 Å². The maximum Gasteiger partial charge on any atom is 0.379 e. The highest BCUT2D eigenvalue weighted by Gasteiger charge is 2.20. The highest BCUT2D eigenvalue weighted by atomic mass is 16.5. The minimum absolute atomic E-state index is 0.00317. The van der Waals surface area contributed by atoms with Crippen LogP contribution < -0.4 is 20.5 Å². The van der Waals surface area contributed by atoms with Crippen molar-refractivity contribution in [3.8, 4) is 11.5 Å². The van der Waals surface area contributed by atoms with E-state index >= 15 is 0 Å². The third-order valence-electron chi connectivity index (χ3n) is 5.63. The molecule has 0 unspecified atom stereocenters. The Hall–Kier alpha value is -3.65. The van der Waals surface area contributed by atoms with E-state index in [1.807, 2.05) is 24.3 Å². The molecule has 1 atom stereocenters. The fourth-order valence-corrected chi connectivity index (χ4v) is 3.78. The van der Waals surface area contributed by atoms with E-state index in [9.17, 15) is 9.59 Å². The van der Waals surface area contributed by atoms with Gasteiger partial charge in [0.2, 0.25) is 5.78 Å². The number of benzene rings is 2. The average molecular weight is 450 g/mol. The molecule has 0 radical (unpaired) electrons. The number of furan rings is 1. The van der Waals surface area contributed by atoms with Crippen LogP contribution in [-0.2, 0) is 22.4 Å². The molecule has 1 aliphatic heterocycles. The molecule has 2 aromatic carbocycles.